The van der Waals surface area contributed by atoms with Crippen molar-refractivity contribution in [2.45, 2.75) is 6.18 Å². The summed E-state index contributed by atoms with van der Waals surface area (Å²) in [7, 11) is 0. The van der Waals surface area contributed by atoms with Crippen LogP contribution < -0.4 is 0 Å². The summed E-state index contributed by atoms with van der Waals surface area (Å²) in [4.78, 5) is 0. The number of benzene rings is 1. The zero-order valence-electron chi connectivity index (χ0n) is 7.43. The lowest BCUT2D eigenvalue weighted by molar-refractivity contribution is -0.137. The minimum atomic E-state index is -4.28. The molecule has 0 spiro atoms. The largest absolute Gasteiger partial charge is 0.416 e. The molecule has 0 saturated carbocycles. The summed E-state index contributed by atoms with van der Waals surface area (Å²) in [6.07, 6.45) is -2.78. The predicted molar refractivity (Wildman–Crippen MR) is 50.7 cm³/mol. The number of hydrogen-bond acceptors (Lipinski definition) is 0. The minimum Gasteiger partial charge on any atom is -0.166 e. The van der Waals surface area contributed by atoms with Crippen LogP contribution in [0.2, 0.25) is 0 Å². The van der Waals surface area contributed by atoms with Crippen molar-refractivity contribution in [3.8, 4) is 0 Å². The quantitative estimate of drug-likeness (QED) is 0.632. The molecule has 74 valence electrons. The van der Waals surface area contributed by atoms with Gasteiger partial charge in [0, 0.05) is 0 Å². The highest BCUT2D eigenvalue weighted by Crippen LogP contribution is 2.29. The van der Waals surface area contributed by atoms with Crippen molar-refractivity contribution in [2.75, 3.05) is 0 Å². The summed E-state index contributed by atoms with van der Waals surface area (Å²) < 4.78 is 36.5. The second-order valence-corrected chi connectivity index (χ2v) is 2.80. The molecule has 0 N–H and O–H groups in total. The highest BCUT2D eigenvalue weighted by atomic mass is 19.4. The molecule has 0 unspecified atom stereocenters. The third kappa shape index (κ3) is 2.25. The highest BCUT2D eigenvalue weighted by Gasteiger charge is 2.29. The Hall–Kier alpha value is -1.51. The topological polar surface area (TPSA) is 0 Å². The van der Waals surface area contributed by atoms with Crippen LogP contribution in [0.15, 0.2) is 43.5 Å². The van der Waals surface area contributed by atoms with Crippen LogP contribution in [-0.2, 0) is 6.18 Å². The molecule has 1 aromatic rings. The molecule has 0 aliphatic carbocycles. The van der Waals surface area contributed by atoms with E-state index in [1.54, 1.807) is 0 Å². The number of allylic oxidation sites excluding steroid dienone is 2. The average molecular weight is 198 g/mol. The zero-order valence-corrected chi connectivity index (χ0v) is 7.43. The predicted octanol–water partition coefficient (Wildman–Crippen LogP) is 3.90. The van der Waals surface area contributed by atoms with Gasteiger partial charge in [-0.15, -0.1) is 0 Å². The van der Waals surface area contributed by atoms with Gasteiger partial charge in [0.25, 0.3) is 0 Å². The molecule has 0 atom stereocenters. The maximum Gasteiger partial charge on any atom is 0.416 e. The summed E-state index contributed by atoms with van der Waals surface area (Å²) >= 11 is 0. The van der Waals surface area contributed by atoms with E-state index in [4.69, 9.17) is 0 Å². The number of rotatable bonds is 2. The maximum absolute atomic E-state index is 12.2. The van der Waals surface area contributed by atoms with E-state index in [1.165, 1.54) is 18.2 Å². The van der Waals surface area contributed by atoms with Gasteiger partial charge in [-0.25, -0.2) is 0 Å². The molecule has 0 heterocycles. The molecule has 1 rings (SSSR count). The fraction of sp³-hybridized carbons (Fsp3) is 0.0909. The highest BCUT2D eigenvalue weighted by molar-refractivity contribution is 5.71. The first kappa shape index (κ1) is 10.6. The smallest absolute Gasteiger partial charge is 0.166 e. The lowest BCUT2D eigenvalue weighted by Crippen LogP contribution is -2.04. The van der Waals surface area contributed by atoms with Crippen molar-refractivity contribution in [3.05, 3.63) is 54.6 Å². The first-order valence-electron chi connectivity index (χ1n) is 3.94. The van der Waals surface area contributed by atoms with Crippen molar-refractivity contribution in [1.82, 2.24) is 0 Å². The van der Waals surface area contributed by atoms with Crippen molar-refractivity contribution < 1.29 is 13.2 Å². The van der Waals surface area contributed by atoms with Crippen LogP contribution >= 0.6 is 0 Å². The van der Waals surface area contributed by atoms with E-state index in [9.17, 15) is 13.2 Å². The minimum absolute atomic E-state index is 0.610. The Bertz CT molecular complexity index is 344. The SMILES string of the molecule is C=CC(=C)c1ccc(C(F)(F)F)cc1. The van der Waals surface area contributed by atoms with Crippen LogP contribution in [0.5, 0.6) is 0 Å². The molecule has 0 nitrogen and oxygen atoms in total. The van der Waals surface area contributed by atoms with Gasteiger partial charge in [0.15, 0.2) is 0 Å². The van der Waals surface area contributed by atoms with Gasteiger partial charge >= 0.3 is 6.18 Å². The van der Waals surface area contributed by atoms with Crippen LogP contribution in [-0.4, -0.2) is 0 Å². The van der Waals surface area contributed by atoms with Gasteiger partial charge in [0.2, 0.25) is 0 Å². The third-order valence-electron chi connectivity index (χ3n) is 1.83. The molecule has 0 saturated heterocycles. The summed E-state index contributed by atoms with van der Waals surface area (Å²) in [5.74, 6) is 0. The van der Waals surface area contributed by atoms with Crippen molar-refractivity contribution in [1.29, 1.82) is 0 Å². The van der Waals surface area contributed by atoms with Crippen LogP contribution in [0.3, 0.4) is 0 Å². The summed E-state index contributed by atoms with van der Waals surface area (Å²) in [6, 6.07) is 4.83. The third-order valence-corrected chi connectivity index (χ3v) is 1.83. The van der Waals surface area contributed by atoms with Crippen LogP contribution in [0, 0.1) is 0 Å². The normalized spacial score (nSPS) is 11.1. The molecule has 0 fully saturated rings. The van der Waals surface area contributed by atoms with E-state index in [0.29, 0.717) is 11.1 Å². The van der Waals surface area contributed by atoms with Crippen molar-refractivity contribution in [3.63, 3.8) is 0 Å². The molecule has 0 aromatic heterocycles. The molecule has 0 amide bonds. The van der Waals surface area contributed by atoms with Crippen LogP contribution in [0.4, 0.5) is 13.2 Å². The van der Waals surface area contributed by atoms with Crippen molar-refractivity contribution >= 4 is 5.57 Å². The maximum atomic E-state index is 12.2. The molecule has 0 aliphatic rings. The van der Waals surface area contributed by atoms with Gasteiger partial charge in [-0.2, -0.15) is 13.2 Å². The molecule has 0 aliphatic heterocycles. The van der Waals surface area contributed by atoms with E-state index >= 15 is 0 Å². The standard InChI is InChI=1S/C11H9F3/c1-3-8(2)9-4-6-10(7-5-9)11(12,13)14/h3-7H,1-2H2. The second-order valence-electron chi connectivity index (χ2n) is 2.80. The van der Waals surface area contributed by atoms with Crippen LogP contribution in [0.1, 0.15) is 11.1 Å². The van der Waals surface area contributed by atoms with Gasteiger partial charge in [0.05, 0.1) is 5.56 Å². The summed E-state index contributed by atoms with van der Waals surface area (Å²) in [5.41, 5.74) is 0.602. The number of hydrogen-bond donors (Lipinski definition) is 0. The number of alkyl halides is 3. The first-order valence-corrected chi connectivity index (χ1v) is 3.94. The van der Waals surface area contributed by atoms with E-state index in [1.807, 2.05) is 0 Å². The molecule has 1 aromatic carbocycles. The Morgan fingerprint density at radius 2 is 1.64 bits per heavy atom. The Morgan fingerprint density at radius 3 is 2.00 bits per heavy atom. The molecule has 14 heavy (non-hydrogen) atoms. The van der Waals surface area contributed by atoms with E-state index in [0.717, 1.165) is 12.1 Å². The fourth-order valence-electron chi connectivity index (χ4n) is 0.991. The Kier molecular flexibility index (Phi) is 2.79. The average Bonchev–Trinajstić information content (AvgIpc) is 2.15. The van der Waals surface area contributed by atoms with Gasteiger partial charge in [-0.05, 0) is 23.3 Å². The van der Waals surface area contributed by atoms with Crippen LogP contribution in [0.25, 0.3) is 5.57 Å². The van der Waals surface area contributed by atoms with Gasteiger partial charge < -0.3 is 0 Å². The molecular weight excluding hydrogens is 189 g/mol. The van der Waals surface area contributed by atoms with Gasteiger partial charge in [-0.1, -0.05) is 31.4 Å². The Morgan fingerprint density at radius 1 is 1.14 bits per heavy atom. The van der Waals surface area contributed by atoms with E-state index in [-0.39, 0.29) is 0 Å². The summed E-state index contributed by atoms with van der Waals surface area (Å²) in [5, 5.41) is 0. The zero-order chi connectivity index (χ0) is 10.8. The van der Waals surface area contributed by atoms with Gasteiger partial charge in [0.1, 0.15) is 0 Å². The molecule has 0 radical (unpaired) electrons. The molecule has 0 bridgehead atoms. The number of halogens is 3. The Balaban J connectivity index is 3.00. The summed E-state index contributed by atoms with van der Waals surface area (Å²) in [6.45, 7) is 7.12. The molecular formula is C11H9F3. The lowest BCUT2D eigenvalue weighted by Gasteiger charge is -2.07. The first-order chi connectivity index (χ1) is 6.45. The molecule has 3 heteroatoms. The van der Waals surface area contributed by atoms with Crippen molar-refractivity contribution in [2.24, 2.45) is 0 Å². The lowest BCUT2D eigenvalue weighted by atomic mass is 10.1. The monoisotopic (exact) mass is 198 g/mol. The van der Waals surface area contributed by atoms with E-state index in [2.05, 4.69) is 13.2 Å². The Labute approximate surface area is 80.4 Å². The van der Waals surface area contributed by atoms with Gasteiger partial charge in [-0.3, -0.25) is 0 Å². The fourth-order valence-corrected chi connectivity index (χ4v) is 0.991. The second kappa shape index (κ2) is 3.70. The van der Waals surface area contributed by atoms with E-state index < -0.39 is 11.7 Å².